The molecular weight excluding hydrogens is 226 g/mol. The molecule has 2 N–H and O–H groups in total. The molecule has 3 heteroatoms. The van der Waals surface area contributed by atoms with E-state index in [-0.39, 0.29) is 13.2 Å². The number of aliphatic hydroxyl groups is 2. The lowest BCUT2D eigenvalue weighted by atomic mass is 9.92. The molecule has 0 aromatic heterocycles. The molecule has 0 fully saturated rings. The summed E-state index contributed by atoms with van der Waals surface area (Å²) in [5, 5.41) is 18.6. The Bertz CT molecular complexity index is 386. The maximum Gasteiger partial charge on any atom is 0.0519 e. The van der Waals surface area contributed by atoms with Crippen molar-refractivity contribution in [1.82, 2.24) is 4.90 Å². The molecule has 0 aliphatic carbocycles. The lowest BCUT2D eigenvalue weighted by molar-refractivity contribution is 0.0402. The van der Waals surface area contributed by atoms with Crippen LogP contribution in [0.5, 0.6) is 0 Å². The Morgan fingerprint density at radius 1 is 1.11 bits per heavy atom. The molecule has 0 aliphatic heterocycles. The van der Waals surface area contributed by atoms with Gasteiger partial charge < -0.3 is 15.1 Å². The minimum absolute atomic E-state index is 0.000760. The molecule has 0 amide bonds. The molecule has 0 saturated carbocycles. The molecule has 0 unspecified atom stereocenters. The topological polar surface area (TPSA) is 43.7 Å². The lowest BCUT2D eigenvalue weighted by Crippen LogP contribution is -2.38. The van der Waals surface area contributed by atoms with Crippen LogP contribution in [0.3, 0.4) is 0 Å². The highest BCUT2D eigenvalue weighted by atomic mass is 16.3. The van der Waals surface area contributed by atoms with Crippen LogP contribution < -0.4 is 0 Å². The van der Waals surface area contributed by atoms with E-state index in [9.17, 15) is 10.2 Å². The van der Waals surface area contributed by atoms with Crippen molar-refractivity contribution in [2.24, 2.45) is 5.41 Å². The molecule has 3 nitrogen and oxygen atoms in total. The SMILES string of the molecule is Cc1ccc(CN(C)CC(C)(CO)CO)cc1C. The fourth-order valence-electron chi connectivity index (χ4n) is 2.07. The summed E-state index contributed by atoms with van der Waals surface area (Å²) in [7, 11) is 2.01. The first kappa shape index (κ1) is 15.2. The van der Waals surface area contributed by atoms with Crippen LogP contribution in [0.4, 0.5) is 0 Å². The normalized spacial score (nSPS) is 12.2. The third kappa shape index (κ3) is 4.09. The van der Waals surface area contributed by atoms with E-state index in [4.69, 9.17) is 0 Å². The zero-order valence-electron chi connectivity index (χ0n) is 11.9. The molecule has 1 aromatic rings. The van der Waals surface area contributed by atoms with Gasteiger partial charge in [0.15, 0.2) is 0 Å². The average molecular weight is 251 g/mol. The zero-order chi connectivity index (χ0) is 13.8. The summed E-state index contributed by atoms with van der Waals surface area (Å²) in [6, 6.07) is 6.46. The van der Waals surface area contributed by atoms with E-state index in [1.807, 2.05) is 14.0 Å². The van der Waals surface area contributed by atoms with Gasteiger partial charge in [0.1, 0.15) is 0 Å². The van der Waals surface area contributed by atoms with Crippen molar-refractivity contribution >= 4 is 0 Å². The standard InChI is InChI=1S/C15H25NO2/c1-12-5-6-14(7-13(12)2)8-16(4)9-15(3,10-17)11-18/h5-7,17-18H,8-11H2,1-4H3. The minimum Gasteiger partial charge on any atom is -0.396 e. The molecule has 102 valence electrons. The van der Waals surface area contributed by atoms with E-state index in [1.54, 1.807) is 0 Å². The average Bonchev–Trinajstić information content (AvgIpc) is 2.33. The van der Waals surface area contributed by atoms with Gasteiger partial charge in [-0.05, 0) is 37.6 Å². The second-order valence-corrected chi connectivity index (χ2v) is 5.72. The Morgan fingerprint density at radius 3 is 2.22 bits per heavy atom. The predicted molar refractivity (Wildman–Crippen MR) is 74.5 cm³/mol. The van der Waals surface area contributed by atoms with Crippen LogP contribution in [-0.2, 0) is 6.54 Å². The molecule has 0 saturated heterocycles. The minimum atomic E-state index is -0.436. The molecule has 0 aliphatic rings. The molecule has 0 bridgehead atoms. The number of aliphatic hydroxyl groups excluding tert-OH is 2. The third-order valence-electron chi connectivity index (χ3n) is 3.44. The van der Waals surface area contributed by atoms with E-state index in [2.05, 4.69) is 36.9 Å². The van der Waals surface area contributed by atoms with Gasteiger partial charge in [0.05, 0.1) is 13.2 Å². The van der Waals surface area contributed by atoms with Crippen LogP contribution in [0.25, 0.3) is 0 Å². The highest BCUT2D eigenvalue weighted by Crippen LogP contribution is 2.18. The van der Waals surface area contributed by atoms with Crippen molar-refractivity contribution in [3.8, 4) is 0 Å². The zero-order valence-corrected chi connectivity index (χ0v) is 11.9. The van der Waals surface area contributed by atoms with Crippen molar-refractivity contribution in [2.75, 3.05) is 26.8 Å². The van der Waals surface area contributed by atoms with E-state index < -0.39 is 5.41 Å². The quantitative estimate of drug-likeness (QED) is 0.809. The van der Waals surface area contributed by atoms with Crippen LogP contribution in [0.2, 0.25) is 0 Å². The van der Waals surface area contributed by atoms with Crippen LogP contribution >= 0.6 is 0 Å². The van der Waals surface area contributed by atoms with Crippen LogP contribution in [0.1, 0.15) is 23.6 Å². The van der Waals surface area contributed by atoms with E-state index in [0.29, 0.717) is 6.54 Å². The summed E-state index contributed by atoms with van der Waals surface area (Å²) in [5.41, 5.74) is 3.43. The van der Waals surface area contributed by atoms with Gasteiger partial charge in [0, 0.05) is 18.5 Å². The number of hydrogen-bond donors (Lipinski definition) is 2. The maximum atomic E-state index is 9.29. The van der Waals surface area contributed by atoms with Crippen LogP contribution in [0, 0.1) is 19.3 Å². The Kier molecular flexibility index (Phi) is 5.32. The summed E-state index contributed by atoms with van der Waals surface area (Å²) in [4.78, 5) is 2.14. The largest absolute Gasteiger partial charge is 0.396 e. The summed E-state index contributed by atoms with van der Waals surface area (Å²) >= 11 is 0. The van der Waals surface area contributed by atoms with Crippen molar-refractivity contribution in [3.05, 3.63) is 34.9 Å². The first-order chi connectivity index (χ1) is 8.40. The van der Waals surface area contributed by atoms with Crippen molar-refractivity contribution in [2.45, 2.75) is 27.3 Å². The monoisotopic (exact) mass is 251 g/mol. The van der Waals surface area contributed by atoms with Gasteiger partial charge in [-0.15, -0.1) is 0 Å². The molecule has 0 radical (unpaired) electrons. The predicted octanol–water partition coefficient (Wildman–Crippen LogP) is 1.73. The van der Waals surface area contributed by atoms with E-state index >= 15 is 0 Å². The fourth-order valence-corrected chi connectivity index (χ4v) is 2.07. The van der Waals surface area contributed by atoms with Crippen molar-refractivity contribution < 1.29 is 10.2 Å². The van der Waals surface area contributed by atoms with Crippen LogP contribution in [-0.4, -0.2) is 41.9 Å². The number of hydrogen-bond acceptors (Lipinski definition) is 3. The van der Waals surface area contributed by atoms with Gasteiger partial charge in [-0.1, -0.05) is 25.1 Å². The van der Waals surface area contributed by atoms with Crippen molar-refractivity contribution in [1.29, 1.82) is 0 Å². The first-order valence-electron chi connectivity index (χ1n) is 6.36. The van der Waals surface area contributed by atoms with Gasteiger partial charge in [-0.3, -0.25) is 0 Å². The Morgan fingerprint density at radius 2 is 1.72 bits per heavy atom. The smallest absolute Gasteiger partial charge is 0.0519 e. The second-order valence-electron chi connectivity index (χ2n) is 5.72. The summed E-state index contributed by atoms with van der Waals surface area (Å²) < 4.78 is 0. The number of benzene rings is 1. The van der Waals surface area contributed by atoms with Crippen LogP contribution in [0.15, 0.2) is 18.2 Å². The third-order valence-corrected chi connectivity index (χ3v) is 3.44. The summed E-state index contributed by atoms with van der Waals surface area (Å²) in [6.07, 6.45) is 0. The molecule has 0 spiro atoms. The Labute approximate surface area is 110 Å². The molecular formula is C15H25NO2. The van der Waals surface area contributed by atoms with E-state index in [1.165, 1.54) is 16.7 Å². The van der Waals surface area contributed by atoms with Gasteiger partial charge in [0.2, 0.25) is 0 Å². The number of aryl methyl sites for hydroxylation is 2. The van der Waals surface area contributed by atoms with Crippen molar-refractivity contribution in [3.63, 3.8) is 0 Å². The lowest BCUT2D eigenvalue weighted by Gasteiger charge is -2.30. The fraction of sp³-hybridized carbons (Fsp3) is 0.600. The molecule has 1 aromatic carbocycles. The van der Waals surface area contributed by atoms with Gasteiger partial charge in [-0.2, -0.15) is 0 Å². The number of rotatable bonds is 6. The van der Waals surface area contributed by atoms with Gasteiger partial charge in [-0.25, -0.2) is 0 Å². The highest BCUT2D eigenvalue weighted by molar-refractivity contribution is 5.29. The summed E-state index contributed by atoms with van der Waals surface area (Å²) in [6.45, 7) is 7.62. The molecule has 0 atom stereocenters. The molecule has 18 heavy (non-hydrogen) atoms. The molecule has 0 heterocycles. The van der Waals surface area contributed by atoms with E-state index in [0.717, 1.165) is 6.54 Å². The first-order valence-corrected chi connectivity index (χ1v) is 6.36. The highest BCUT2D eigenvalue weighted by Gasteiger charge is 2.24. The Balaban J connectivity index is 2.64. The maximum absolute atomic E-state index is 9.29. The second kappa shape index (κ2) is 6.32. The van der Waals surface area contributed by atoms with Gasteiger partial charge >= 0.3 is 0 Å². The Hall–Kier alpha value is -0.900. The summed E-state index contributed by atoms with van der Waals surface area (Å²) in [5.74, 6) is 0. The molecule has 1 rings (SSSR count). The number of nitrogens with zero attached hydrogens (tertiary/aromatic N) is 1. The van der Waals surface area contributed by atoms with Gasteiger partial charge in [0.25, 0.3) is 0 Å².